The molecular formula is C11H12F2N4O2S. The molecule has 108 valence electrons. The highest BCUT2D eigenvalue weighted by Gasteiger charge is 2.20. The maximum absolute atomic E-state index is 13.5. The molecule has 2 rings (SSSR count). The lowest BCUT2D eigenvalue weighted by atomic mass is 10.3. The summed E-state index contributed by atoms with van der Waals surface area (Å²) in [4.78, 5) is -0.624. The third-order valence-corrected chi connectivity index (χ3v) is 4.13. The highest BCUT2D eigenvalue weighted by atomic mass is 32.2. The minimum Gasteiger partial charge on any atom is -0.384 e. The van der Waals surface area contributed by atoms with Crippen LogP contribution in [0.3, 0.4) is 0 Å². The first-order chi connectivity index (χ1) is 9.31. The van der Waals surface area contributed by atoms with Gasteiger partial charge in [0.05, 0.1) is 6.20 Å². The van der Waals surface area contributed by atoms with E-state index in [0.29, 0.717) is 17.4 Å². The van der Waals surface area contributed by atoms with E-state index < -0.39 is 26.6 Å². The molecule has 0 saturated heterocycles. The average molecular weight is 302 g/mol. The Kier molecular flexibility index (Phi) is 3.73. The largest absolute Gasteiger partial charge is 0.384 e. The fourth-order valence-electron chi connectivity index (χ4n) is 1.57. The van der Waals surface area contributed by atoms with Crippen LogP contribution < -0.4 is 10.5 Å². The molecule has 20 heavy (non-hydrogen) atoms. The Morgan fingerprint density at radius 2 is 2.10 bits per heavy atom. The van der Waals surface area contributed by atoms with Crippen LogP contribution in [0.1, 0.15) is 5.56 Å². The van der Waals surface area contributed by atoms with E-state index in [9.17, 15) is 17.2 Å². The number of hydrogen-bond acceptors (Lipinski definition) is 4. The maximum atomic E-state index is 13.5. The third kappa shape index (κ3) is 2.78. The summed E-state index contributed by atoms with van der Waals surface area (Å²) in [5.74, 6) is -1.71. The van der Waals surface area contributed by atoms with Crippen molar-refractivity contribution in [3.8, 4) is 0 Å². The quantitative estimate of drug-likeness (QED) is 0.872. The summed E-state index contributed by atoms with van der Waals surface area (Å²) in [5, 5.41) is 3.85. The molecule has 6 nitrogen and oxygen atoms in total. The van der Waals surface area contributed by atoms with Crippen LogP contribution in [0.4, 0.5) is 14.6 Å². The molecule has 0 atom stereocenters. The Morgan fingerprint density at radius 3 is 2.65 bits per heavy atom. The van der Waals surface area contributed by atoms with Gasteiger partial charge in [-0.2, -0.15) is 5.10 Å². The van der Waals surface area contributed by atoms with Gasteiger partial charge in [0, 0.05) is 25.2 Å². The number of anilines is 1. The fourth-order valence-corrected chi connectivity index (χ4v) is 2.64. The average Bonchev–Trinajstić information content (AvgIpc) is 2.67. The number of benzene rings is 1. The van der Waals surface area contributed by atoms with Gasteiger partial charge in [-0.1, -0.05) is 0 Å². The van der Waals surface area contributed by atoms with Crippen molar-refractivity contribution in [2.75, 3.05) is 5.73 Å². The van der Waals surface area contributed by atoms with Gasteiger partial charge in [0.25, 0.3) is 0 Å². The number of hydrogen-bond donors (Lipinski definition) is 2. The van der Waals surface area contributed by atoms with Gasteiger partial charge in [0.2, 0.25) is 10.0 Å². The Balaban J connectivity index is 2.21. The van der Waals surface area contributed by atoms with E-state index in [4.69, 9.17) is 5.73 Å². The number of halogens is 2. The molecule has 1 heterocycles. The van der Waals surface area contributed by atoms with Crippen LogP contribution in [0.15, 0.2) is 29.3 Å². The van der Waals surface area contributed by atoms with Crippen LogP contribution >= 0.6 is 0 Å². The first-order valence-electron chi connectivity index (χ1n) is 5.52. The standard InChI is InChI=1S/C11H12F2N4O2S/c1-17-11(14)7(5-15-17)6-16-20(18,19)10-3-2-8(12)4-9(10)13/h2-5,16H,6,14H2,1H3. The molecule has 0 saturated carbocycles. The zero-order chi connectivity index (χ0) is 14.9. The van der Waals surface area contributed by atoms with E-state index in [1.165, 1.54) is 10.9 Å². The molecule has 0 radical (unpaired) electrons. The minimum absolute atomic E-state index is 0.140. The van der Waals surface area contributed by atoms with Crippen LogP contribution in [0, 0.1) is 11.6 Å². The van der Waals surface area contributed by atoms with E-state index in [1.54, 1.807) is 7.05 Å². The van der Waals surface area contributed by atoms with Crippen molar-refractivity contribution in [3.05, 3.63) is 41.6 Å². The predicted octanol–water partition coefficient (Wildman–Crippen LogP) is 0.759. The molecule has 0 aliphatic carbocycles. The van der Waals surface area contributed by atoms with E-state index in [1.807, 2.05) is 0 Å². The van der Waals surface area contributed by atoms with Gasteiger partial charge < -0.3 is 5.73 Å². The van der Waals surface area contributed by atoms with E-state index in [0.717, 1.165) is 12.1 Å². The molecule has 0 aliphatic heterocycles. The monoisotopic (exact) mass is 302 g/mol. The molecule has 0 amide bonds. The van der Waals surface area contributed by atoms with Crippen LogP contribution in [0.5, 0.6) is 0 Å². The fraction of sp³-hybridized carbons (Fsp3) is 0.182. The van der Waals surface area contributed by atoms with E-state index in [2.05, 4.69) is 9.82 Å². The maximum Gasteiger partial charge on any atom is 0.243 e. The van der Waals surface area contributed by atoms with Crippen LogP contribution in [0.2, 0.25) is 0 Å². The van der Waals surface area contributed by atoms with Crippen molar-refractivity contribution in [2.24, 2.45) is 7.05 Å². The van der Waals surface area contributed by atoms with Gasteiger partial charge in [-0.05, 0) is 12.1 Å². The number of aryl methyl sites for hydroxylation is 1. The van der Waals surface area contributed by atoms with E-state index in [-0.39, 0.29) is 6.54 Å². The Morgan fingerprint density at radius 1 is 1.40 bits per heavy atom. The van der Waals surface area contributed by atoms with Crippen molar-refractivity contribution in [1.29, 1.82) is 0 Å². The van der Waals surface area contributed by atoms with Crippen molar-refractivity contribution >= 4 is 15.8 Å². The SMILES string of the molecule is Cn1ncc(CNS(=O)(=O)c2ccc(F)cc2F)c1N. The number of sulfonamides is 1. The molecule has 0 bridgehead atoms. The van der Waals surface area contributed by atoms with Crippen molar-refractivity contribution in [1.82, 2.24) is 14.5 Å². The summed E-state index contributed by atoms with van der Waals surface area (Å²) in [6.07, 6.45) is 1.40. The molecular weight excluding hydrogens is 290 g/mol. The third-order valence-electron chi connectivity index (χ3n) is 2.70. The number of nitrogens with two attached hydrogens (primary N) is 1. The Labute approximate surface area is 114 Å². The molecule has 1 aromatic carbocycles. The topological polar surface area (TPSA) is 90.0 Å². The van der Waals surface area contributed by atoms with Crippen molar-refractivity contribution in [2.45, 2.75) is 11.4 Å². The van der Waals surface area contributed by atoms with Gasteiger partial charge in [0.15, 0.2) is 0 Å². The van der Waals surface area contributed by atoms with Gasteiger partial charge in [-0.25, -0.2) is 21.9 Å². The molecule has 0 fully saturated rings. The highest BCUT2D eigenvalue weighted by Crippen LogP contribution is 2.16. The molecule has 2 aromatic rings. The molecule has 0 unspecified atom stereocenters. The second-order valence-electron chi connectivity index (χ2n) is 4.08. The van der Waals surface area contributed by atoms with Gasteiger partial charge in [-0.15, -0.1) is 0 Å². The normalized spacial score (nSPS) is 11.8. The molecule has 1 aromatic heterocycles. The van der Waals surface area contributed by atoms with Crippen LogP contribution in [-0.2, 0) is 23.6 Å². The summed E-state index contributed by atoms with van der Waals surface area (Å²) in [6, 6.07) is 2.24. The number of aromatic nitrogens is 2. The molecule has 9 heteroatoms. The molecule has 0 aliphatic rings. The van der Waals surface area contributed by atoms with Crippen LogP contribution in [0.25, 0.3) is 0 Å². The van der Waals surface area contributed by atoms with Gasteiger partial charge >= 0.3 is 0 Å². The van der Waals surface area contributed by atoms with E-state index >= 15 is 0 Å². The Hall–Kier alpha value is -2.00. The minimum atomic E-state index is -4.10. The van der Waals surface area contributed by atoms with Crippen molar-refractivity contribution < 1.29 is 17.2 Å². The van der Waals surface area contributed by atoms with Crippen LogP contribution in [-0.4, -0.2) is 18.2 Å². The molecule has 3 N–H and O–H groups in total. The van der Waals surface area contributed by atoms with Crippen molar-refractivity contribution in [3.63, 3.8) is 0 Å². The number of nitrogens with one attached hydrogen (secondary N) is 1. The predicted molar refractivity (Wildman–Crippen MR) is 68.0 cm³/mol. The summed E-state index contributed by atoms with van der Waals surface area (Å²) < 4.78 is 53.6. The number of nitrogens with zero attached hydrogens (tertiary/aromatic N) is 2. The second-order valence-corrected chi connectivity index (χ2v) is 5.81. The second kappa shape index (κ2) is 5.17. The Bertz CT molecular complexity index is 743. The zero-order valence-electron chi connectivity index (χ0n) is 10.5. The zero-order valence-corrected chi connectivity index (χ0v) is 11.3. The number of rotatable bonds is 4. The summed E-state index contributed by atoms with van der Waals surface area (Å²) in [6.45, 7) is -0.140. The summed E-state index contributed by atoms with van der Waals surface area (Å²) >= 11 is 0. The summed E-state index contributed by atoms with van der Waals surface area (Å²) in [5.41, 5.74) is 6.12. The van der Waals surface area contributed by atoms with Gasteiger partial charge in [0.1, 0.15) is 22.3 Å². The first-order valence-corrected chi connectivity index (χ1v) is 7.00. The van der Waals surface area contributed by atoms with Gasteiger partial charge in [-0.3, -0.25) is 4.68 Å². The number of nitrogen functional groups attached to an aromatic ring is 1. The lowest BCUT2D eigenvalue weighted by Gasteiger charge is -2.07. The lowest BCUT2D eigenvalue weighted by molar-refractivity contribution is 0.543. The first kappa shape index (κ1) is 14.4. The summed E-state index contributed by atoms with van der Waals surface area (Å²) in [7, 11) is -2.49. The smallest absolute Gasteiger partial charge is 0.243 e. The molecule has 0 spiro atoms. The lowest BCUT2D eigenvalue weighted by Crippen LogP contribution is -2.24. The highest BCUT2D eigenvalue weighted by molar-refractivity contribution is 7.89.